The van der Waals surface area contributed by atoms with E-state index in [0.717, 1.165) is 39.1 Å². The van der Waals surface area contributed by atoms with Crippen molar-refractivity contribution >= 4 is 63.8 Å². The lowest BCUT2D eigenvalue weighted by atomic mass is 10.1. The minimum atomic E-state index is -1.06. The second kappa shape index (κ2) is 16.2. The molecule has 260 valence electrons. The molecule has 2 amide bonds. The summed E-state index contributed by atoms with van der Waals surface area (Å²) in [5.74, 6) is -1.07. The lowest BCUT2D eigenvalue weighted by Crippen LogP contribution is -2.43. The molecule has 0 unspecified atom stereocenters. The first kappa shape index (κ1) is 40.3. The van der Waals surface area contributed by atoms with Gasteiger partial charge in [0.05, 0.1) is 22.1 Å². The third-order valence-corrected chi connectivity index (χ3v) is 7.52. The van der Waals surface area contributed by atoms with E-state index >= 15 is 0 Å². The number of aryl methyl sites for hydroxylation is 4. The summed E-state index contributed by atoms with van der Waals surface area (Å²) in [6, 6.07) is 10.1. The predicted octanol–water partition coefficient (Wildman–Crippen LogP) is 4.07. The van der Waals surface area contributed by atoms with Gasteiger partial charge in [-0.2, -0.15) is 0 Å². The number of nitrogens with two attached hydrogens (primary N) is 1. The van der Waals surface area contributed by atoms with Gasteiger partial charge in [0, 0.05) is 52.5 Å². The lowest BCUT2D eigenvalue weighted by molar-refractivity contribution is -0.142. The SMILES string of the molecule is CC[C@@H](C)C(=O)Nc1ccc2c(c1)n(C)c(=O)n2C.C[C@@H](C(=O)O)N(C)C(=O)OC(C)(C)C.Cl.Cn1c(=O)n(C)c2cc(N)ccc21. The number of carbonyl (C=O) groups is 3. The van der Waals surface area contributed by atoms with Gasteiger partial charge >= 0.3 is 23.4 Å². The zero-order chi connectivity index (χ0) is 35.3. The van der Waals surface area contributed by atoms with Gasteiger partial charge in [0.15, 0.2) is 0 Å². The van der Waals surface area contributed by atoms with Crippen LogP contribution in [0.2, 0.25) is 0 Å². The first-order valence-electron chi connectivity index (χ1n) is 14.8. The number of nitrogens with zero attached hydrogens (tertiary/aromatic N) is 5. The lowest BCUT2D eigenvalue weighted by Gasteiger charge is -2.26. The van der Waals surface area contributed by atoms with Gasteiger partial charge in [-0.15, -0.1) is 12.4 Å². The van der Waals surface area contributed by atoms with Crippen LogP contribution in [0.5, 0.6) is 0 Å². The van der Waals surface area contributed by atoms with Crippen LogP contribution in [0.25, 0.3) is 22.1 Å². The van der Waals surface area contributed by atoms with Gasteiger partial charge in [-0.1, -0.05) is 13.8 Å². The predicted molar refractivity (Wildman–Crippen MR) is 187 cm³/mol. The number of halogens is 1. The molecule has 0 aliphatic heterocycles. The topological polar surface area (TPSA) is 176 Å². The van der Waals surface area contributed by atoms with Crippen LogP contribution in [0.3, 0.4) is 0 Å². The van der Waals surface area contributed by atoms with E-state index in [4.69, 9.17) is 15.6 Å². The summed E-state index contributed by atoms with van der Waals surface area (Å²) < 4.78 is 11.4. The molecule has 0 aliphatic carbocycles. The number of likely N-dealkylation sites (N-methyl/N-ethyl adjacent to an activating group) is 1. The fourth-order valence-corrected chi connectivity index (χ4v) is 4.22. The Labute approximate surface area is 280 Å². The van der Waals surface area contributed by atoms with Crippen molar-refractivity contribution < 1.29 is 24.2 Å². The van der Waals surface area contributed by atoms with Crippen LogP contribution in [0, 0.1) is 5.92 Å². The maximum absolute atomic E-state index is 11.9. The molecule has 2 heterocycles. The number of aliphatic carboxylic acids is 1. The van der Waals surface area contributed by atoms with E-state index in [1.54, 1.807) is 79.4 Å². The molecule has 0 fully saturated rings. The molecule has 4 aromatic rings. The van der Waals surface area contributed by atoms with E-state index in [9.17, 15) is 24.0 Å². The van der Waals surface area contributed by atoms with Crippen LogP contribution in [-0.4, -0.2) is 64.9 Å². The largest absolute Gasteiger partial charge is 0.480 e. The second-order valence-electron chi connectivity index (χ2n) is 12.2. The molecule has 47 heavy (non-hydrogen) atoms. The normalized spacial score (nSPS) is 12.1. The number of anilines is 2. The van der Waals surface area contributed by atoms with E-state index in [0.29, 0.717) is 5.69 Å². The number of aromatic nitrogens is 4. The average Bonchev–Trinajstić information content (AvgIpc) is 3.34. The molecule has 0 aliphatic rings. The molecule has 2 atom stereocenters. The molecule has 0 saturated heterocycles. The number of nitrogens with one attached hydrogen (secondary N) is 1. The Morgan fingerprint density at radius 2 is 1.32 bits per heavy atom. The fourth-order valence-electron chi connectivity index (χ4n) is 4.22. The van der Waals surface area contributed by atoms with Crippen molar-refractivity contribution in [2.45, 2.75) is 59.6 Å². The van der Waals surface area contributed by atoms with Crippen LogP contribution in [0.15, 0.2) is 46.0 Å². The number of carbonyl (C=O) groups excluding carboxylic acids is 2. The fraction of sp³-hybridized carbons (Fsp3) is 0.469. The van der Waals surface area contributed by atoms with Crippen molar-refractivity contribution in [2.75, 3.05) is 18.1 Å². The van der Waals surface area contributed by atoms with Crippen molar-refractivity contribution in [3.8, 4) is 0 Å². The maximum Gasteiger partial charge on any atom is 0.410 e. The molecule has 0 spiro atoms. The Kier molecular flexibility index (Phi) is 13.9. The van der Waals surface area contributed by atoms with Crippen molar-refractivity contribution in [3.05, 3.63) is 57.4 Å². The number of ether oxygens (including phenoxy) is 1. The van der Waals surface area contributed by atoms with Gasteiger partial charge in [-0.3, -0.25) is 28.0 Å². The minimum absolute atomic E-state index is 0. The molecular formula is C32H48ClN7O7. The summed E-state index contributed by atoms with van der Waals surface area (Å²) in [6.45, 7) is 10.5. The van der Waals surface area contributed by atoms with E-state index < -0.39 is 23.7 Å². The van der Waals surface area contributed by atoms with Crippen molar-refractivity contribution in [1.29, 1.82) is 0 Å². The smallest absolute Gasteiger partial charge is 0.410 e. The van der Waals surface area contributed by atoms with E-state index in [1.165, 1.54) is 14.0 Å². The molecule has 2 aromatic heterocycles. The van der Waals surface area contributed by atoms with Crippen LogP contribution >= 0.6 is 12.4 Å². The number of carboxylic acids is 1. The quantitative estimate of drug-likeness (QED) is 0.265. The summed E-state index contributed by atoms with van der Waals surface area (Å²) >= 11 is 0. The Morgan fingerprint density at radius 1 is 0.872 bits per heavy atom. The summed E-state index contributed by atoms with van der Waals surface area (Å²) in [4.78, 5) is 58.1. The number of carboxylic acid groups (broad SMARTS) is 1. The third kappa shape index (κ3) is 9.88. The van der Waals surface area contributed by atoms with Gasteiger partial charge in [0.1, 0.15) is 11.6 Å². The second-order valence-corrected chi connectivity index (χ2v) is 12.2. The first-order chi connectivity index (χ1) is 21.2. The third-order valence-electron chi connectivity index (χ3n) is 7.52. The van der Waals surface area contributed by atoms with Gasteiger partial charge in [-0.05, 0) is 70.5 Å². The molecule has 4 N–H and O–H groups in total. The Morgan fingerprint density at radius 3 is 1.77 bits per heavy atom. The maximum atomic E-state index is 11.9. The first-order valence-corrected chi connectivity index (χ1v) is 14.8. The summed E-state index contributed by atoms with van der Waals surface area (Å²) in [5, 5.41) is 11.5. The van der Waals surface area contributed by atoms with Crippen LogP contribution < -0.4 is 22.4 Å². The Balaban J connectivity index is 0.000000357. The molecule has 0 radical (unpaired) electrons. The number of amides is 2. The van der Waals surface area contributed by atoms with Crippen LogP contribution in [-0.2, 0) is 42.5 Å². The minimum Gasteiger partial charge on any atom is -0.480 e. The number of benzene rings is 2. The summed E-state index contributed by atoms with van der Waals surface area (Å²) in [5.41, 5.74) is 9.76. The van der Waals surface area contributed by atoms with Crippen LogP contribution in [0.1, 0.15) is 48.0 Å². The number of hydrogen-bond acceptors (Lipinski definition) is 7. The Bertz CT molecular complexity index is 1850. The monoisotopic (exact) mass is 677 g/mol. The number of rotatable bonds is 5. The van der Waals surface area contributed by atoms with Crippen molar-refractivity contribution in [3.63, 3.8) is 0 Å². The Hall–Kier alpha value is -4.72. The van der Waals surface area contributed by atoms with E-state index in [2.05, 4.69) is 5.32 Å². The van der Waals surface area contributed by atoms with E-state index in [-0.39, 0.29) is 35.6 Å². The van der Waals surface area contributed by atoms with Crippen LogP contribution in [0.4, 0.5) is 16.2 Å². The zero-order valence-electron chi connectivity index (χ0n) is 28.9. The molecule has 2 aromatic carbocycles. The van der Waals surface area contributed by atoms with Gasteiger partial charge < -0.3 is 20.9 Å². The zero-order valence-corrected chi connectivity index (χ0v) is 29.8. The highest BCUT2D eigenvalue weighted by molar-refractivity contribution is 5.94. The number of fused-ring (bicyclic) bond motifs is 2. The van der Waals surface area contributed by atoms with Crippen molar-refractivity contribution in [2.24, 2.45) is 34.1 Å². The summed E-state index contributed by atoms with van der Waals surface area (Å²) in [7, 11) is 8.35. The number of imidazole rings is 2. The molecule has 0 saturated carbocycles. The highest BCUT2D eigenvalue weighted by Crippen LogP contribution is 2.19. The standard InChI is InChI=1S/C14H19N3O2.C9H11N3O.C9H17NO4.ClH/c1-5-9(2)13(18)15-10-6-7-11-12(8-10)17(4)14(19)16(11)3;1-11-7-4-3-6(10)5-8(7)12(2)9(11)13;1-6(7(11)12)10(5)8(13)14-9(2,3)4;/h6-9H,5H2,1-4H3,(H,15,18);3-5H,10H2,1-2H3;6H,1-5H3,(H,11,12);1H/t9-;;6-;/m1.0./s1. The summed E-state index contributed by atoms with van der Waals surface area (Å²) in [6.07, 6.45) is 0.171. The van der Waals surface area contributed by atoms with Gasteiger partial charge in [0.2, 0.25) is 5.91 Å². The molecule has 0 bridgehead atoms. The van der Waals surface area contributed by atoms with Gasteiger partial charge in [0.25, 0.3) is 0 Å². The number of hydrogen-bond donors (Lipinski definition) is 3. The van der Waals surface area contributed by atoms with Gasteiger partial charge in [-0.25, -0.2) is 19.2 Å². The molecule has 14 nitrogen and oxygen atoms in total. The van der Waals surface area contributed by atoms with Crippen molar-refractivity contribution in [1.82, 2.24) is 23.2 Å². The highest BCUT2D eigenvalue weighted by atomic mass is 35.5. The van der Waals surface area contributed by atoms with E-state index in [1.807, 2.05) is 38.1 Å². The highest BCUT2D eigenvalue weighted by Gasteiger charge is 2.26. The molecular weight excluding hydrogens is 630 g/mol. The number of nitrogen functional groups attached to an aromatic ring is 1. The molecule has 4 rings (SSSR count). The average molecular weight is 678 g/mol. The molecule has 15 heteroatoms.